The molecule has 3 aromatic rings. The zero-order chi connectivity index (χ0) is 23.6. The van der Waals surface area contributed by atoms with Crippen LogP contribution in [0.15, 0.2) is 127 Å². The number of rotatable bonds is 2. The molecule has 0 radical (unpaired) electrons. The lowest BCUT2D eigenvalue weighted by molar-refractivity contribution is 0.196. The second-order valence-corrected chi connectivity index (χ2v) is 9.91. The van der Waals surface area contributed by atoms with E-state index >= 15 is 0 Å². The fourth-order valence-corrected chi connectivity index (χ4v) is 7.20. The molecule has 4 atom stereocenters. The summed E-state index contributed by atoms with van der Waals surface area (Å²) >= 11 is 0. The maximum absolute atomic E-state index is 10.2. The lowest BCUT2D eigenvalue weighted by Crippen LogP contribution is -2.65. The fourth-order valence-electron chi connectivity index (χ4n) is 7.20. The molecule has 1 saturated heterocycles. The monoisotopic (exact) mass is 455 g/mol. The van der Waals surface area contributed by atoms with E-state index in [1.165, 1.54) is 27.9 Å². The highest BCUT2D eigenvalue weighted by Gasteiger charge is 2.61. The smallest absolute Gasteiger partial charge is 0.423 e. The molecule has 4 aliphatic rings. The van der Waals surface area contributed by atoms with Crippen LogP contribution in [-0.4, -0.2) is 29.3 Å². The Kier molecular flexibility index (Phi) is 4.57. The summed E-state index contributed by atoms with van der Waals surface area (Å²) in [6.07, 6.45) is 15.3. The van der Waals surface area contributed by atoms with Crippen LogP contribution in [0.3, 0.4) is 0 Å². The molecule has 0 amide bonds. The second kappa shape index (κ2) is 7.71. The molecule has 3 nitrogen and oxygen atoms in total. The summed E-state index contributed by atoms with van der Waals surface area (Å²) in [4.78, 5) is 2.53. The number of piperidine rings is 1. The highest BCUT2D eigenvalue weighted by Crippen LogP contribution is 2.63. The molecule has 4 heteroatoms. The maximum Gasteiger partial charge on any atom is 0.488 e. The van der Waals surface area contributed by atoms with Gasteiger partial charge in [0.2, 0.25) is 0 Å². The predicted octanol–water partition coefficient (Wildman–Crippen LogP) is 5.08. The van der Waals surface area contributed by atoms with Crippen molar-refractivity contribution in [2.45, 2.75) is 17.5 Å². The van der Waals surface area contributed by atoms with Gasteiger partial charge in [0.15, 0.2) is 0 Å². The van der Waals surface area contributed by atoms with E-state index in [0.29, 0.717) is 5.47 Å². The van der Waals surface area contributed by atoms with Crippen molar-refractivity contribution in [2.75, 3.05) is 4.90 Å². The first-order valence-electron chi connectivity index (χ1n) is 12.3. The Morgan fingerprint density at radius 3 is 1.94 bits per heavy atom. The number of para-hydroxylation sites is 1. The molecule has 1 aliphatic heterocycles. The summed E-state index contributed by atoms with van der Waals surface area (Å²) in [5.74, 6) is 0.172. The Labute approximate surface area is 206 Å². The average Bonchev–Trinajstić information content (AvgIpc) is 3.21. The number of hydrogen-bond donors (Lipinski definition) is 2. The lowest BCUT2D eigenvalue weighted by atomic mass is 9.51. The molecule has 170 valence electrons. The third-order valence-electron chi connectivity index (χ3n) is 8.41. The van der Waals surface area contributed by atoms with Crippen LogP contribution in [0.25, 0.3) is 11.1 Å². The zero-order valence-electron chi connectivity index (χ0n) is 19.3. The van der Waals surface area contributed by atoms with Crippen LogP contribution in [0.5, 0.6) is 0 Å². The van der Waals surface area contributed by atoms with Crippen LogP contribution in [0.1, 0.15) is 11.1 Å². The molecule has 1 spiro atoms. The number of hydrogen-bond acceptors (Lipinski definition) is 3. The molecule has 35 heavy (non-hydrogen) atoms. The van der Waals surface area contributed by atoms with Gasteiger partial charge in [-0.05, 0) is 39.9 Å². The van der Waals surface area contributed by atoms with Crippen molar-refractivity contribution < 1.29 is 10.0 Å². The standard InChI is InChI=1S/C31H26BNO2/c34-32(35)21-18-19-30-28(20-21)31(25-14-6-4-12-23(25)24-13-5-7-15-26(24)31)27-16-8-9-17-29(27)33(30)22-10-2-1-3-11-22/h1-20,27-30,34-35H. The van der Waals surface area contributed by atoms with Crippen molar-refractivity contribution in [3.05, 3.63) is 138 Å². The quantitative estimate of drug-likeness (QED) is 0.530. The average molecular weight is 455 g/mol. The summed E-state index contributed by atoms with van der Waals surface area (Å²) in [5.41, 5.74) is 6.64. The van der Waals surface area contributed by atoms with E-state index in [1.54, 1.807) is 0 Å². The molecular formula is C31H26BNO2. The second-order valence-electron chi connectivity index (χ2n) is 9.91. The maximum atomic E-state index is 10.2. The highest BCUT2D eigenvalue weighted by molar-refractivity contribution is 6.51. The molecule has 0 bridgehead atoms. The van der Waals surface area contributed by atoms with E-state index in [0.717, 1.165) is 0 Å². The van der Waals surface area contributed by atoms with E-state index in [1.807, 2.05) is 6.08 Å². The van der Waals surface area contributed by atoms with Crippen LogP contribution in [0.2, 0.25) is 0 Å². The van der Waals surface area contributed by atoms with E-state index in [4.69, 9.17) is 0 Å². The van der Waals surface area contributed by atoms with E-state index in [-0.39, 0.29) is 29.3 Å². The Bertz CT molecular complexity index is 1380. The third-order valence-corrected chi connectivity index (χ3v) is 8.41. The van der Waals surface area contributed by atoms with Gasteiger partial charge in [0.1, 0.15) is 0 Å². The molecule has 3 aliphatic carbocycles. The Morgan fingerprint density at radius 1 is 0.657 bits per heavy atom. The van der Waals surface area contributed by atoms with Gasteiger partial charge in [-0.2, -0.15) is 0 Å². The van der Waals surface area contributed by atoms with Crippen LogP contribution in [-0.2, 0) is 5.41 Å². The van der Waals surface area contributed by atoms with Gasteiger partial charge in [0.25, 0.3) is 0 Å². The largest absolute Gasteiger partial charge is 0.488 e. The summed E-state index contributed by atoms with van der Waals surface area (Å²) in [6, 6.07) is 28.4. The number of fused-ring (bicyclic) bond motifs is 9. The van der Waals surface area contributed by atoms with Gasteiger partial charge < -0.3 is 14.9 Å². The first-order chi connectivity index (χ1) is 17.2. The van der Waals surface area contributed by atoms with Crippen molar-refractivity contribution in [3.63, 3.8) is 0 Å². The minimum atomic E-state index is -1.50. The number of nitrogens with zero attached hydrogens (tertiary/aromatic N) is 1. The van der Waals surface area contributed by atoms with Gasteiger partial charge in [-0.3, -0.25) is 0 Å². The van der Waals surface area contributed by atoms with E-state index in [2.05, 4.69) is 120 Å². The molecule has 2 N–H and O–H groups in total. The van der Waals surface area contributed by atoms with E-state index in [9.17, 15) is 10.0 Å². The lowest BCUT2D eigenvalue weighted by Gasteiger charge is -2.60. The van der Waals surface area contributed by atoms with Crippen molar-refractivity contribution in [2.24, 2.45) is 11.8 Å². The topological polar surface area (TPSA) is 43.7 Å². The SMILES string of the molecule is OB(O)C1=CC2C(C=C1)N(c1ccccc1)C1C=CC=CC1C21c2ccccc2-c2ccccc21. The number of benzene rings is 3. The molecular weight excluding hydrogens is 429 g/mol. The van der Waals surface area contributed by atoms with E-state index < -0.39 is 7.12 Å². The molecule has 0 saturated carbocycles. The zero-order valence-corrected chi connectivity index (χ0v) is 19.3. The first kappa shape index (κ1) is 20.8. The molecule has 1 heterocycles. The minimum Gasteiger partial charge on any atom is -0.423 e. The van der Waals surface area contributed by atoms with Crippen LogP contribution >= 0.6 is 0 Å². The summed E-state index contributed by atoms with van der Waals surface area (Å²) < 4.78 is 0. The van der Waals surface area contributed by atoms with Crippen molar-refractivity contribution in [1.29, 1.82) is 0 Å². The van der Waals surface area contributed by atoms with Crippen LogP contribution < -0.4 is 4.90 Å². The first-order valence-corrected chi connectivity index (χ1v) is 12.3. The van der Waals surface area contributed by atoms with Gasteiger partial charge in [0.05, 0.1) is 12.1 Å². The number of allylic oxidation sites excluding steroid dienone is 4. The molecule has 0 aromatic heterocycles. The molecule has 3 aromatic carbocycles. The van der Waals surface area contributed by atoms with Gasteiger partial charge in [-0.1, -0.05) is 109 Å². The summed E-state index contributed by atoms with van der Waals surface area (Å²) in [5, 5.41) is 20.4. The summed E-state index contributed by atoms with van der Waals surface area (Å²) in [6.45, 7) is 0. The molecule has 4 unspecified atom stereocenters. The van der Waals surface area contributed by atoms with Gasteiger partial charge >= 0.3 is 7.12 Å². The third kappa shape index (κ3) is 2.75. The fraction of sp³-hybridized carbons (Fsp3) is 0.161. The Hall–Kier alpha value is -3.60. The summed E-state index contributed by atoms with van der Waals surface area (Å²) in [7, 11) is -1.50. The number of anilines is 1. The molecule has 1 fully saturated rings. The highest BCUT2D eigenvalue weighted by atomic mass is 16.4. The normalized spacial score (nSPS) is 26.6. The predicted molar refractivity (Wildman–Crippen MR) is 142 cm³/mol. The Balaban J connectivity index is 1.56. The van der Waals surface area contributed by atoms with Gasteiger partial charge in [0, 0.05) is 22.9 Å². The minimum absolute atomic E-state index is 0.00621. The van der Waals surface area contributed by atoms with Crippen LogP contribution in [0, 0.1) is 11.8 Å². The van der Waals surface area contributed by atoms with Crippen molar-refractivity contribution in [3.8, 4) is 11.1 Å². The molecule has 7 rings (SSSR count). The van der Waals surface area contributed by atoms with Gasteiger partial charge in [-0.15, -0.1) is 0 Å². The van der Waals surface area contributed by atoms with Crippen molar-refractivity contribution >= 4 is 12.8 Å². The van der Waals surface area contributed by atoms with Crippen molar-refractivity contribution in [1.82, 2.24) is 0 Å². The van der Waals surface area contributed by atoms with Crippen LogP contribution in [0.4, 0.5) is 5.69 Å². The van der Waals surface area contributed by atoms with Gasteiger partial charge in [-0.25, -0.2) is 0 Å². The Morgan fingerprint density at radius 2 is 1.26 bits per heavy atom.